The number of nitrogens with zero attached hydrogens (tertiary/aromatic N) is 1. The highest BCUT2D eigenvalue weighted by Crippen LogP contribution is 2.17. The second-order valence-electron chi connectivity index (χ2n) is 4.26. The molecule has 1 N–H and O–H groups in total. The Labute approximate surface area is 79.7 Å². The lowest BCUT2D eigenvalue weighted by Crippen LogP contribution is -2.38. The normalized spacial score (nSPS) is 32.5. The molecule has 13 heavy (non-hydrogen) atoms. The van der Waals surface area contributed by atoms with Crippen LogP contribution in [0.15, 0.2) is 0 Å². The Bertz CT molecular complexity index is 149. The van der Waals surface area contributed by atoms with Crippen LogP contribution in [0.3, 0.4) is 0 Å². The lowest BCUT2D eigenvalue weighted by molar-refractivity contribution is 0.0727. The largest absolute Gasteiger partial charge is 0.393 e. The molecule has 0 saturated carbocycles. The number of ether oxygens (including phenoxy) is 1. The summed E-state index contributed by atoms with van der Waals surface area (Å²) in [6.45, 7) is 5.20. The van der Waals surface area contributed by atoms with Gasteiger partial charge in [-0.05, 0) is 25.2 Å². The van der Waals surface area contributed by atoms with Crippen LogP contribution in [0.5, 0.6) is 0 Å². The number of hydrogen-bond acceptors (Lipinski definition) is 3. The van der Waals surface area contributed by atoms with Crippen molar-refractivity contribution in [3.8, 4) is 0 Å². The van der Waals surface area contributed by atoms with E-state index in [-0.39, 0.29) is 6.10 Å². The van der Waals surface area contributed by atoms with Crippen molar-refractivity contribution in [2.24, 2.45) is 5.92 Å². The third kappa shape index (κ3) is 2.66. The first-order chi connectivity index (χ1) is 6.34. The lowest BCUT2D eigenvalue weighted by Gasteiger charge is -2.30. The van der Waals surface area contributed by atoms with Gasteiger partial charge in [-0.2, -0.15) is 0 Å². The number of piperidine rings is 1. The number of aliphatic hydroxyl groups excluding tert-OH is 1. The van der Waals surface area contributed by atoms with E-state index in [2.05, 4.69) is 4.90 Å². The minimum Gasteiger partial charge on any atom is -0.393 e. The Morgan fingerprint density at radius 2 is 2.00 bits per heavy atom. The summed E-state index contributed by atoms with van der Waals surface area (Å²) in [5.74, 6) is 0.746. The molecule has 0 bridgehead atoms. The zero-order chi connectivity index (χ0) is 9.10. The van der Waals surface area contributed by atoms with E-state index in [4.69, 9.17) is 4.74 Å². The van der Waals surface area contributed by atoms with Gasteiger partial charge in [-0.25, -0.2) is 0 Å². The van der Waals surface area contributed by atoms with Crippen molar-refractivity contribution in [3.63, 3.8) is 0 Å². The van der Waals surface area contributed by atoms with Gasteiger partial charge in [0, 0.05) is 26.2 Å². The predicted octanol–water partition coefficient (Wildman–Crippen LogP) is 0.480. The molecule has 0 aliphatic carbocycles. The van der Waals surface area contributed by atoms with Gasteiger partial charge in [-0.3, -0.25) is 0 Å². The first kappa shape index (κ1) is 9.44. The van der Waals surface area contributed by atoms with E-state index < -0.39 is 0 Å². The maximum absolute atomic E-state index is 9.34. The molecular weight excluding hydrogens is 166 g/mol. The Morgan fingerprint density at radius 1 is 1.23 bits per heavy atom. The Balaban J connectivity index is 1.69. The molecule has 2 heterocycles. The first-order valence-electron chi connectivity index (χ1n) is 5.33. The fourth-order valence-corrected chi connectivity index (χ4v) is 2.19. The Hall–Kier alpha value is -0.120. The van der Waals surface area contributed by atoms with Gasteiger partial charge < -0.3 is 14.7 Å². The molecule has 3 nitrogen and oxygen atoms in total. The molecule has 2 saturated heterocycles. The van der Waals surface area contributed by atoms with Gasteiger partial charge in [0.2, 0.25) is 0 Å². The van der Waals surface area contributed by atoms with Crippen molar-refractivity contribution >= 4 is 0 Å². The van der Waals surface area contributed by atoms with Crippen molar-refractivity contribution in [2.75, 3.05) is 32.8 Å². The summed E-state index contributed by atoms with van der Waals surface area (Å²) >= 11 is 0. The van der Waals surface area contributed by atoms with Crippen molar-refractivity contribution in [1.82, 2.24) is 4.90 Å². The van der Waals surface area contributed by atoms with Crippen LogP contribution in [-0.4, -0.2) is 49.0 Å². The number of likely N-dealkylation sites (tertiary alicyclic amines) is 1. The van der Waals surface area contributed by atoms with Gasteiger partial charge >= 0.3 is 0 Å². The highest BCUT2D eigenvalue weighted by Gasteiger charge is 2.22. The highest BCUT2D eigenvalue weighted by molar-refractivity contribution is 4.75. The van der Waals surface area contributed by atoms with E-state index in [1.807, 2.05) is 0 Å². The predicted molar refractivity (Wildman–Crippen MR) is 50.6 cm³/mol. The fourth-order valence-electron chi connectivity index (χ4n) is 2.19. The van der Waals surface area contributed by atoms with Gasteiger partial charge in [-0.1, -0.05) is 0 Å². The Kier molecular flexibility index (Phi) is 3.19. The molecule has 2 aliphatic heterocycles. The van der Waals surface area contributed by atoms with E-state index in [1.165, 1.54) is 13.0 Å². The maximum Gasteiger partial charge on any atom is 0.0564 e. The summed E-state index contributed by atoms with van der Waals surface area (Å²) in [5, 5.41) is 9.34. The van der Waals surface area contributed by atoms with Crippen LogP contribution in [0.25, 0.3) is 0 Å². The highest BCUT2D eigenvalue weighted by atomic mass is 16.5. The molecule has 3 heteroatoms. The molecule has 76 valence electrons. The van der Waals surface area contributed by atoms with Crippen LogP contribution in [-0.2, 0) is 4.74 Å². The molecule has 1 unspecified atom stereocenters. The lowest BCUT2D eigenvalue weighted by atomic mass is 10.0. The number of aliphatic hydroxyl groups is 1. The van der Waals surface area contributed by atoms with Crippen LogP contribution in [0.1, 0.15) is 19.3 Å². The van der Waals surface area contributed by atoms with E-state index in [0.717, 1.165) is 45.1 Å². The molecule has 0 aromatic heterocycles. The summed E-state index contributed by atoms with van der Waals surface area (Å²) in [7, 11) is 0. The molecule has 1 atom stereocenters. The standard InChI is InChI=1S/C10H19NO2/c12-10-1-4-11(5-2-10)7-9-3-6-13-8-9/h9-10,12H,1-8H2. The van der Waals surface area contributed by atoms with Crippen LogP contribution in [0.4, 0.5) is 0 Å². The summed E-state index contributed by atoms with van der Waals surface area (Å²) in [6, 6.07) is 0. The van der Waals surface area contributed by atoms with Gasteiger partial charge in [0.1, 0.15) is 0 Å². The van der Waals surface area contributed by atoms with Gasteiger partial charge in [-0.15, -0.1) is 0 Å². The van der Waals surface area contributed by atoms with Gasteiger partial charge in [0.25, 0.3) is 0 Å². The number of hydrogen-bond donors (Lipinski definition) is 1. The molecule has 2 rings (SSSR count). The monoisotopic (exact) mass is 185 g/mol. The smallest absolute Gasteiger partial charge is 0.0564 e. The van der Waals surface area contributed by atoms with Crippen LogP contribution in [0, 0.1) is 5.92 Å². The van der Waals surface area contributed by atoms with E-state index in [0.29, 0.717) is 0 Å². The first-order valence-corrected chi connectivity index (χ1v) is 5.33. The minimum atomic E-state index is -0.0453. The van der Waals surface area contributed by atoms with E-state index in [9.17, 15) is 5.11 Å². The van der Waals surface area contributed by atoms with Crippen molar-refractivity contribution in [1.29, 1.82) is 0 Å². The molecule has 0 aromatic carbocycles. The molecule has 0 amide bonds. The van der Waals surface area contributed by atoms with Crippen LogP contribution in [0.2, 0.25) is 0 Å². The summed E-state index contributed by atoms with van der Waals surface area (Å²) in [4.78, 5) is 2.46. The molecule has 2 aliphatic rings. The van der Waals surface area contributed by atoms with Crippen molar-refractivity contribution in [2.45, 2.75) is 25.4 Å². The topological polar surface area (TPSA) is 32.7 Å². The second-order valence-corrected chi connectivity index (χ2v) is 4.26. The minimum absolute atomic E-state index is 0.0453. The summed E-state index contributed by atoms with van der Waals surface area (Å²) in [6.07, 6.45) is 3.08. The van der Waals surface area contributed by atoms with Crippen molar-refractivity contribution in [3.05, 3.63) is 0 Å². The quantitative estimate of drug-likeness (QED) is 0.679. The fraction of sp³-hybridized carbons (Fsp3) is 1.00. The van der Waals surface area contributed by atoms with Crippen LogP contribution >= 0.6 is 0 Å². The van der Waals surface area contributed by atoms with Crippen molar-refractivity contribution < 1.29 is 9.84 Å². The molecule has 2 fully saturated rings. The van der Waals surface area contributed by atoms with Gasteiger partial charge in [0.15, 0.2) is 0 Å². The van der Waals surface area contributed by atoms with E-state index >= 15 is 0 Å². The maximum atomic E-state index is 9.34. The van der Waals surface area contributed by atoms with E-state index in [1.54, 1.807) is 0 Å². The zero-order valence-electron chi connectivity index (χ0n) is 8.11. The third-order valence-electron chi connectivity index (χ3n) is 3.10. The molecule has 0 spiro atoms. The zero-order valence-corrected chi connectivity index (χ0v) is 8.11. The number of rotatable bonds is 2. The Morgan fingerprint density at radius 3 is 2.62 bits per heavy atom. The molecular formula is C10H19NO2. The van der Waals surface area contributed by atoms with Crippen LogP contribution < -0.4 is 0 Å². The second kappa shape index (κ2) is 4.40. The molecule has 0 aromatic rings. The summed E-state index contributed by atoms with van der Waals surface area (Å²) < 4.78 is 5.34. The van der Waals surface area contributed by atoms with Gasteiger partial charge in [0.05, 0.1) is 12.7 Å². The SMILES string of the molecule is OC1CCN(CC2CCOC2)CC1. The molecule has 0 radical (unpaired) electrons. The average Bonchev–Trinajstić information content (AvgIpc) is 2.62. The third-order valence-corrected chi connectivity index (χ3v) is 3.10. The summed E-state index contributed by atoms with van der Waals surface area (Å²) in [5.41, 5.74) is 0. The average molecular weight is 185 g/mol.